The van der Waals surface area contributed by atoms with E-state index in [1.54, 1.807) is 6.07 Å². The van der Waals surface area contributed by atoms with Crippen LogP contribution in [0.4, 0.5) is 10.5 Å². The molecule has 4 N–H and O–H groups in total. The van der Waals surface area contributed by atoms with E-state index in [0.717, 1.165) is 22.9 Å². The summed E-state index contributed by atoms with van der Waals surface area (Å²) in [5.41, 5.74) is 7.77. The molecule has 0 aromatic heterocycles. The van der Waals surface area contributed by atoms with Crippen molar-refractivity contribution in [2.24, 2.45) is 5.73 Å². The molecule has 0 radical (unpaired) electrons. The molecule has 20 heavy (non-hydrogen) atoms. The second-order valence-corrected chi connectivity index (χ2v) is 5.31. The maximum atomic E-state index is 12.0. The van der Waals surface area contributed by atoms with Crippen molar-refractivity contribution in [1.29, 1.82) is 0 Å². The van der Waals surface area contributed by atoms with Crippen molar-refractivity contribution < 1.29 is 9.59 Å². The monoisotopic (exact) mass is 289 g/mol. The number of benzene rings is 1. The first-order valence-corrected chi connectivity index (χ1v) is 7.12. The SMILES string of the molecule is Cc1ccc(C#CCN)cc1NC(=O)C1CSC(=O)N1. The number of carbonyl (C=O) groups is 2. The Morgan fingerprint density at radius 2 is 2.40 bits per heavy atom. The molecule has 0 bridgehead atoms. The summed E-state index contributed by atoms with van der Waals surface area (Å²) in [5.74, 6) is 5.93. The normalized spacial score (nSPS) is 17.1. The van der Waals surface area contributed by atoms with Crippen LogP contribution in [0.1, 0.15) is 11.1 Å². The van der Waals surface area contributed by atoms with E-state index in [9.17, 15) is 9.59 Å². The van der Waals surface area contributed by atoms with Crippen LogP contribution in [0.3, 0.4) is 0 Å². The number of rotatable bonds is 2. The summed E-state index contributed by atoms with van der Waals surface area (Å²) in [7, 11) is 0. The molecular formula is C14H15N3O2S. The van der Waals surface area contributed by atoms with Gasteiger partial charge in [0.2, 0.25) is 5.91 Å². The molecule has 5 nitrogen and oxygen atoms in total. The maximum Gasteiger partial charge on any atom is 0.279 e. The number of hydrogen-bond donors (Lipinski definition) is 3. The van der Waals surface area contributed by atoms with E-state index >= 15 is 0 Å². The number of nitrogens with one attached hydrogen (secondary N) is 2. The van der Waals surface area contributed by atoms with Gasteiger partial charge >= 0.3 is 0 Å². The van der Waals surface area contributed by atoms with Gasteiger partial charge in [0, 0.05) is 17.0 Å². The smallest absolute Gasteiger partial charge is 0.279 e. The molecule has 1 aliphatic rings. The van der Waals surface area contributed by atoms with Crippen LogP contribution < -0.4 is 16.4 Å². The average molecular weight is 289 g/mol. The Morgan fingerprint density at radius 1 is 1.60 bits per heavy atom. The fraction of sp³-hybridized carbons (Fsp3) is 0.286. The highest BCUT2D eigenvalue weighted by atomic mass is 32.2. The third-order valence-corrected chi connectivity index (χ3v) is 3.70. The van der Waals surface area contributed by atoms with Crippen molar-refractivity contribution in [3.05, 3.63) is 29.3 Å². The van der Waals surface area contributed by atoms with Gasteiger partial charge in [-0.2, -0.15) is 0 Å². The summed E-state index contributed by atoms with van der Waals surface area (Å²) in [4.78, 5) is 23.1. The predicted molar refractivity (Wildman–Crippen MR) is 80.5 cm³/mol. The molecule has 0 aliphatic carbocycles. The van der Waals surface area contributed by atoms with Gasteiger partial charge in [-0.05, 0) is 24.6 Å². The maximum absolute atomic E-state index is 12.0. The van der Waals surface area contributed by atoms with Crippen molar-refractivity contribution >= 4 is 28.6 Å². The fourth-order valence-electron chi connectivity index (χ4n) is 1.73. The zero-order chi connectivity index (χ0) is 14.5. The lowest BCUT2D eigenvalue weighted by Gasteiger charge is -2.12. The van der Waals surface area contributed by atoms with E-state index in [2.05, 4.69) is 22.5 Å². The van der Waals surface area contributed by atoms with E-state index in [0.29, 0.717) is 18.0 Å². The third-order valence-electron chi connectivity index (χ3n) is 2.82. The molecule has 1 atom stereocenters. The number of aryl methyl sites for hydroxylation is 1. The van der Waals surface area contributed by atoms with Crippen LogP contribution in [-0.2, 0) is 4.79 Å². The predicted octanol–water partition coefficient (Wildman–Crippen LogP) is 1.07. The molecule has 0 saturated carbocycles. The summed E-state index contributed by atoms with van der Waals surface area (Å²) in [5, 5.41) is 5.27. The van der Waals surface area contributed by atoms with E-state index in [1.165, 1.54) is 0 Å². The number of amides is 2. The average Bonchev–Trinajstić information content (AvgIpc) is 2.86. The molecule has 1 heterocycles. The third kappa shape index (κ3) is 3.53. The first kappa shape index (κ1) is 14.4. The Hall–Kier alpha value is -1.97. The van der Waals surface area contributed by atoms with Gasteiger partial charge in [-0.1, -0.05) is 29.7 Å². The molecule has 0 spiro atoms. The summed E-state index contributed by atoms with van der Waals surface area (Å²) < 4.78 is 0. The van der Waals surface area contributed by atoms with Crippen molar-refractivity contribution in [3.8, 4) is 11.8 Å². The van der Waals surface area contributed by atoms with E-state index in [4.69, 9.17) is 5.73 Å². The van der Waals surface area contributed by atoms with E-state index in [1.807, 2.05) is 19.1 Å². The Labute approximate surface area is 121 Å². The van der Waals surface area contributed by atoms with Crippen LogP contribution in [0, 0.1) is 18.8 Å². The van der Waals surface area contributed by atoms with Crippen molar-refractivity contribution in [2.45, 2.75) is 13.0 Å². The molecule has 1 aromatic rings. The number of nitrogens with two attached hydrogens (primary N) is 1. The highest BCUT2D eigenvalue weighted by Gasteiger charge is 2.28. The molecule has 1 unspecified atom stereocenters. The minimum Gasteiger partial charge on any atom is -0.334 e. The largest absolute Gasteiger partial charge is 0.334 e. The molecule has 2 amide bonds. The molecule has 1 aromatic carbocycles. The zero-order valence-corrected chi connectivity index (χ0v) is 11.8. The molecule has 2 rings (SSSR count). The van der Waals surface area contributed by atoms with Gasteiger partial charge in [0.1, 0.15) is 6.04 Å². The molecule has 1 saturated heterocycles. The molecule has 104 valence electrons. The summed E-state index contributed by atoms with van der Waals surface area (Å²) in [6.07, 6.45) is 0. The lowest BCUT2D eigenvalue weighted by Crippen LogP contribution is -2.38. The number of thioether (sulfide) groups is 1. The van der Waals surface area contributed by atoms with E-state index in [-0.39, 0.29) is 11.1 Å². The van der Waals surface area contributed by atoms with Gasteiger partial charge in [0.15, 0.2) is 0 Å². The quantitative estimate of drug-likeness (QED) is 0.711. The van der Waals surface area contributed by atoms with Crippen LogP contribution in [0.2, 0.25) is 0 Å². The lowest BCUT2D eigenvalue weighted by molar-refractivity contribution is -0.117. The number of hydrogen-bond acceptors (Lipinski definition) is 4. The van der Waals surface area contributed by atoms with Gasteiger partial charge in [-0.25, -0.2) is 0 Å². The van der Waals surface area contributed by atoms with Crippen LogP contribution >= 0.6 is 11.8 Å². The van der Waals surface area contributed by atoms with Crippen molar-refractivity contribution in [2.75, 3.05) is 17.6 Å². The first-order chi connectivity index (χ1) is 9.60. The van der Waals surface area contributed by atoms with Crippen LogP contribution in [-0.4, -0.2) is 29.5 Å². The zero-order valence-electron chi connectivity index (χ0n) is 11.0. The second-order valence-electron chi connectivity index (χ2n) is 4.32. The minimum absolute atomic E-state index is 0.163. The second kappa shape index (κ2) is 6.46. The first-order valence-electron chi connectivity index (χ1n) is 6.14. The van der Waals surface area contributed by atoms with Gasteiger partial charge in [-0.15, -0.1) is 0 Å². The minimum atomic E-state index is -0.481. The van der Waals surface area contributed by atoms with Crippen LogP contribution in [0.5, 0.6) is 0 Å². The Balaban J connectivity index is 2.12. The van der Waals surface area contributed by atoms with Gasteiger partial charge in [0.05, 0.1) is 6.54 Å². The highest BCUT2D eigenvalue weighted by Crippen LogP contribution is 2.19. The van der Waals surface area contributed by atoms with E-state index < -0.39 is 6.04 Å². The van der Waals surface area contributed by atoms with Gasteiger partial charge < -0.3 is 16.4 Å². The number of anilines is 1. The van der Waals surface area contributed by atoms with Gasteiger partial charge in [-0.3, -0.25) is 9.59 Å². The topological polar surface area (TPSA) is 84.2 Å². The van der Waals surface area contributed by atoms with Crippen molar-refractivity contribution in [1.82, 2.24) is 5.32 Å². The summed E-state index contributed by atoms with van der Waals surface area (Å²) >= 11 is 1.12. The molecule has 6 heteroatoms. The Kier molecular flexibility index (Phi) is 4.66. The Bertz CT molecular complexity index is 604. The van der Waals surface area contributed by atoms with Crippen LogP contribution in [0.15, 0.2) is 18.2 Å². The highest BCUT2D eigenvalue weighted by molar-refractivity contribution is 8.14. The molecule has 1 aliphatic heterocycles. The fourth-order valence-corrected chi connectivity index (χ4v) is 2.51. The standard InChI is InChI=1S/C14H15N3O2S/c1-9-4-5-10(3-2-6-15)7-11(9)16-13(18)12-8-20-14(19)17-12/h4-5,7,12H,6,8,15H2,1H3,(H,16,18)(H,17,19). The number of carbonyl (C=O) groups excluding carboxylic acids is 2. The Morgan fingerprint density at radius 3 is 3.05 bits per heavy atom. The van der Waals surface area contributed by atoms with Crippen molar-refractivity contribution in [3.63, 3.8) is 0 Å². The summed E-state index contributed by atoms with van der Waals surface area (Å²) in [6, 6.07) is 5.09. The molecular weight excluding hydrogens is 274 g/mol. The lowest BCUT2D eigenvalue weighted by atomic mass is 10.1. The van der Waals surface area contributed by atoms with Gasteiger partial charge in [0.25, 0.3) is 5.24 Å². The van der Waals surface area contributed by atoms with Crippen LogP contribution in [0.25, 0.3) is 0 Å². The molecule has 1 fully saturated rings. The summed E-state index contributed by atoms with van der Waals surface area (Å²) in [6.45, 7) is 2.19.